The lowest BCUT2D eigenvalue weighted by Gasteiger charge is -2.24. The van der Waals surface area contributed by atoms with Crippen molar-refractivity contribution in [3.05, 3.63) is 29.3 Å². The standard InChI is InChI=1S/C14H19NO/c15-12-3-4-13-11(9-12)6-8-14(13,16)7-5-10-1-2-10/h3-4,9-10,16H,1-2,5-8,15H2. The van der Waals surface area contributed by atoms with Gasteiger partial charge in [0.2, 0.25) is 0 Å². The van der Waals surface area contributed by atoms with Crippen LogP contribution in [0.2, 0.25) is 0 Å². The van der Waals surface area contributed by atoms with Gasteiger partial charge in [-0.2, -0.15) is 0 Å². The summed E-state index contributed by atoms with van der Waals surface area (Å²) >= 11 is 0. The average Bonchev–Trinajstić information content (AvgIpc) is 3.03. The average molecular weight is 217 g/mol. The van der Waals surface area contributed by atoms with Gasteiger partial charge in [0.25, 0.3) is 0 Å². The van der Waals surface area contributed by atoms with Crippen LogP contribution in [0.4, 0.5) is 5.69 Å². The van der Waals surface area contributed by atoms with Crippen molar-refractivity contribution >= 4 is 5.69 Å². The first-order valence-electron chi connectivity index (χ1n) is 6.29. The lowest BCUT2D eigenvalue weighted by molar-refractivity contribution is 0.0259. The number of rotatable bonds is 3. The van der Waals surface area contributed by atoms with Crippen LogP contribution in [0.3, 0.4) is 0 Å². The van der Waals surface area contributed by atoms with Crippen LogP contribution in [-0.2, 0) is 12.0 Å². The number of nitrogen functional groups attached to an aromatic ring is 1. The first-order chi connectivity index (χ1) is 7.67. The van der Waals surface area contributed by atoms with Gasteiger partial charge < -0.3 is 10.8 Å². The fraction of sp³-hybridized carbons (Fsp3) is 0.571. The molecule has 0 bridgehead atoms. The second-order valence-electron chi connectivity index (χ2n) is 5.43. The smallest absolute Gasteiger partial charge is 0.0902 e. The maximum Gasteiger partial charge on any atom is 0.0902 e. The summed E-state index contributed by atoms with van der Waals surface area (Å²) in [7, 11) is 0. The number of hydrogen-bond donors (Lipinski definition) is 2. The monoisotopic (exact) mass is 217 g/mol. The van der Waals surface area contributed by atoms with E-state index < -0.39 is 5.60 Å². The van der Waals surface area contributed by atoms with Gasteiger partial charge in [0, 0.05) is 5.69 Å². The van der Waals surface area contributed by atoms with E-state index in [-0.39, 0.29) is 0 Å². The molecule has 16 heavy (non-hydrogen) atoms. The fourth-order valence-electron chi connectivity index (χ4n) is 2.86. The molecule has 2 nitrogen and oxygen atoms in total. The molecule has 0 radical (unpaired) electrons. The summed E-state index contributed by atoms with van der Waals surface area (Å²) in [6.07, 6.45) is 6.68. The molecule has 0 amide bonds. The van der Waals surface area contributed by atoms with Gasteiger partial charge in [0.05, 0.1) is 5.60 Å². The highest BCUT2D eigenvalue weighted by molar-refractivity contribution is 5.48. The number of fused-ring (bicyclic) bond motifs is 1. The Morgan fingerprint density at radius 3 is 2.94 bits per heavy atom. The van der Waals surface area contributed by atoms with E-state index in [0.717, 1.165) is 36.4 Å². The van der Waals surface area contributed by atoms with Crippen molar-refractivity contribution in [1.29, 1.82) is 0 Å². The fourth-order valence-corrected chi connectivity index (χ4v) is 2.86. The summed E-state index contributed by atoms with van der Waals surface area (Å²) < 4.78 is 0. The van der Waals surface area contributed by atoms with Crippen molar-refractivity contribution in [2.75, 3.05) is 5.73 Å². The Morgan fingerprint density at radius 1 is 1.38 bits per heavy atom. The zero-order valence-corrected chi connectivity index (χ0v) is 9.58. The summed E-state index contributed by atoms with van der Waals surface area (Å²) in [6, 6.07) is 5.95. The molecule has 86 valence electrons. The predicted octanol–water partition coefficient (Wildman–Crippen LogP) is 2.59. The van der Waals surface area contributed by atoms with Crippen molar-refractivity contribution in [3.63, 3.8) is 0 Å². The van der Waals surface area contributed by atoms with E-state index in [2.05, 4.69) is 0 Å². The number of aliphatic hydroxyl groups is 1. The summed E-state index contributed by atoms with van der Waals surface area (Å²) in [6.45, 7) is 0. The maximum absolute atomic E-state index is 10.7. The minimum absolute atomic E-state index is 0.564. The Hall–Kier alpha value is -1.02. The van der Waals surface area contributed by atoms with Gasteiger partial charge in [-0.15, -0.1) is 0 Å². The van der Waals surface area contributed by atoms with Gasteiger partial charge in [-0.25, -0.2) is 0 Å². The van der Waals surface area contributed by atoms with E-state index in [4.69, 9.17) is 5.73 Å². The zero-order chi connectivity index (χ0) is 11.2. The van der Waals surface area contributed by atoms with E-state index in [0.29, 0.717) is 0 Å². The minimum atomic E-state index is -0.564. The van der Waals surface area contributed by atoms with Crippen LogP contribution < -0.4 is 5.73 Å². The molecular weight excluding hydrogens is 198 g/mol. The van der Waals surface area contributed by atoms with E-state index in [1.165, 1.54) is 24.8 Å². The molecule has 1 unspecified atom stereocenters. The summed E-state index contributed by atoms with van der Waals surface area (Å²) in [5.41, 5.74) is 8.39. The molecule has 3 N–H and O–H groups in total. The second-order valence-corrected chi connectivity index (χ2v) is 5.43. The molecular formula is C14H19NO. The Labute approximate surface area is 96.5 Å². The summed E-state index contributed by atoms with van der Waals surface area (Å²) in [4.78, 5) is 0. The Bertz CT molecular complexity index is 411. The number of benzene rings is 1. The van der Waals surface area contributed by atoms with Gasteiger partial charge in [-0.05, 0) is 54.9 Å². The Balaban J connectivity index is 1.82. The third-order valence-corrected chi connectivity index (χ3v) is 4.10. The van der Waals surface area contributed by atoms with Gasteiger partial charge in [0.1, 0.15) is 0 Å². The lowest BCUT2D eigenvalue weighted by Crippen LogP contribution is -2.22. The van der Waals surface area contributed by atoms with Crippen molar-refractivity contribution in [3.8, 4) is 0 Å². The van der Waals surface area contributed by atoms with E-state index >= 15 is 0 Å². The molecule has 0 saturated heterocycles. The van der Waals surface area contributed by atoms with Crippen molar-refractivity contribution < 1.29 is 5.11 Å². The topological polar surface area (TPSA) is 46.2 Å². The molecule has 0 heterocycles. The third-order valence-electron chi connectivity index (χ3n) is 4.10. The van der Waals surface area contributed by atoms with Crippen LogP contribution in [0.25, 0.3) is 0 Å². The van der Waals surface area contributed by atoms with Crippen LogP contribution in [0.1, 0.15) is 43.2 Å². The highest BCUT2D eigenvalue weighted by Crippen LogP contribution is 2.44. The van der Waals surface area contributed by atoms with Crippen molar-refractivity contribution in [2.45, 2.75) is 44.1 Å². The summed E-state index contributed by atoms with van der Waals surface area (Å²) in [5.74, 6) is 0.891. The van der Waals surface area contributed by atoms with Crippen LogP contribution >= 0.6 is 0 Å². The number of nitrogens with two attached hydrogens (primary N) is 1. The first kappa shape index (κ1) is 10.2. The van der Waals surface area contributed by atoms with Crippen LogP contribution in [0, 0.1) is 5.92 Å². The van der Waals surface area contributed by atoms with Crippen LogP contribution in [-0.4, -0.2) is 5.11 Å². The number of aryl methyl sites for hydroxylation is 1. The SMILES string of the molecule is Nc1ccc2c(c1)CCC2(O)CCC1CC1. The quantitative estimate of drug-likeness (QED) is 0.764. The van der Waals surface area contributed by atoms with Crippen LogP contribution in [0.5, 0.6) is 0 Å². The molecule has 0 spiro atoms. The molecule has 0 aromatic heterocycles. The van der Waals surface area contributed by atoms with Gasteiger partial charge in [-0.1, -0.05) is 18.9 Å². The van der Waals surface area contributed by atoms with Gasteiger partial charge >= 0.3 is 0 Å². The number of hydrogen-bond acceptors (Lipinski definition) is 2. The zero-order valence-electron chi connectivity index (χ0n) is 9.58. The second kappa shape index (κ2) is 3.49. The van der Waals surface area contributed by atoms with E-state index in [1.807, 2.05) is 18.2 Å². The lowest BCUT2D eigenvalue weighted by atomic mass is 9.90. The molecule has 1 saturated carbocycles. The van der Waals surface area contributed by atoms with Gasteiger partial charge in [0.15, 0.2) is 0 Å². The normalized spacial score (nSPS) is 28.1. The summed E-state index contributed by atoms with van der Waals surface area (Å²) in [5, 5.41) is 10.7. The number of anilines is 1. The predicted molar refractivity (Wildman–Crippen MR) is 65.0 cm³/mol. The molecule has 0 aliphatic heterocycles. The molecule has 1 fully saturated rings. The molecule has 2 aliphatic carbocycles. The highest BCUT2D eigenvalue weighted by atomic mass is 16.3. The largest absolute Gasteiger partial charge is 0.399 e. The van der Waals surface area contributed by atoms with Crippen molar-refractivity contribution in [1.82, 2.24) is 0 Å². The van der Waals surface area contributed by atoms with Gasteiger partial charge in [-0.3, -0.25) is 0 Å². The molecule has 2 heteroatoms. The molecule has 1 aromatic carbocycles. The first-order valence-corrected chi connectivity index (χ1v) is 6.29. The maximum atomic E-state index is 10.7. The molecule has 1 atom stereocenters. The Morgan fingerprint density at radius 2 is 2.19 bits per heavy atom. The highest BCUT2D eigenvalue weighted by Gasteiger charge is 2.37. The molecule has 2 aliphatic rings. The van der Waals surface area contributed by atoms with E-state index in [9.17, 15) is 5.11 Å². The van der Waals surface area contributed by atoms with Crippen LogP contribution in [0.15, 0.2) is 18.2 Å². The van der Waals surface area contributed by atoms with Crippen molar-refractivity contribution in [2.24, 2.45) is 5.92 Å². The molecule has 1 aromatic rings. The Kier molecular flexibility index (Phi) is 2.21. The van der Waals surface area contributed by atoms with E-state index in [1.54, 1.807) is 0 Å². The molecule has 3 rings (SSSR count). The minimum Gasteiger partial charge on any atom is -0.399 e. The third kappa shape index (κ3) is 1.71.